The van der Waals surface area contributed by atoms with Crippen molar-refractivity contribution in [3.05, 3.63) is 59.5 Å². The number of halogens is 1. The van der Waals surface area contributed by atoms with E-state index in [4.69, 9.17) is 0 Å². The van der Waals surface area contributed by atoms with Crippen molar-refractivity contribution in [3.63, 3.8) is 0 Å². The topological polar surface area (TPSA) is 72.5 Å². The van der Waals surface area contributed by atoms with E-state index in [9.17, 15) is 12.8 Å². The first-order chi connectivity index (χ1) is 15.7. The van der Waals surface area contributed by atoms with Crippen LogP contribution in [0.25, 0.3) is 10.9 Å². The van der Waals surface area contributed by atoms with Crippen LogP contribution in [0.3, 0.4) is 0 Å². The molecule has 9 heteroatoms. The molecule has 1 N–H and O–H groups in total. The third-order valence-corrected chi connectivity index (χ3v) is 9.18. The molecule has 2 aliphatic heterocycles. The number of hydrogen-bond donors (Lipinski definition) is 1. The van der Waals surface area contributed by atoms with Crippen LogP contribution in [0.4, 0.5) is 10.1 Å². The molecule has 33 heavy (non-hydrogen) atoms. The Balaban J connectivity index is 1.41. The molecule has 2 atom stereocenters. The van der Waals surface area contributed by atoms with Crippen molar-refractivity contribution in [2.24, 2.45) is 0 Å². The van der Waals surface area contributed by atoms with Gasteiger partial charge in [0.15, 0.2) is 0 Å². The maximum absolute atomic E-state index is 14.0. The Morgan fingerprint density at radius 2 is 2.06 bits per heavy atom. The lowest BCUT2D eigenvalue weighted by Crippen LogP contribution is -2.57. The first-order valence-corrected chi connectivity index (χ1v) is 12.9. The molecule has 7 nitrogen and oxygen atoms in total. The number of hydrogen-bond acceptors (Lipinski definition) is 4. The van der Waals surface area contributed by atoms with Crippen LogP contribution in [0.5, 0.6) is 0 Å². The minimum absolute atomic E-state index is 0.169. The average molecular weight is 472 g/mol. The molecule has 0 bridgehead atoms. The number of likely N-dealkylation sites (N-methyl/N-ethyl adjacent to an activating group) is 1. The van der Waals surface area contributed by atoms with Crippen LogP contribution in [0.1, 0.15) is 37.9 Å². The maximum Gasteiger partial charge on any atom is 0.304 e. The molecule has 0 unspecified atom stereocenters. The first-order valence-electron chi connectivity index (χ1n) is 11.5. The molecule has 0 amide bonds. The fourth-order valence-electron chi connectivity index (χ4n) is 5.59. The van der Waals surface area contributed by atoms with Crippen LogP contribution < -0.4 is 4.31 Å². The fraction of sp³-hybridized carbons (Fsp3) is 0.458. The number of nitrogens with zero attached hydrogens (tertiary/aromatic N) is 4. The second-order valence-electron chi connectivity index (χ2n) is 9.41. The van der Waals surface area contributed by atoms with Crippen molar-refractivity contribution in [3.8, 4) is 0 Å². The normalized spacial score (nSPS) is 25.9. The molecule has 1 spiro atoms. The van der Waals surface area contributed by atoms with Gasteiger partial charge in [-0.2, -0.15) is 17.8 Å². The van der Waals surface area contributed by atoms with Crippen molar-refractivity contribution in [1.29, 1.82) is 0 Å². The molecule has 0 saturated carbocycles. The van der Waals surface area contributed by atoms with E-state index in [0.717, 1.165) is 36.1 Å². The molecule has 1 aromatic heterocycles. The van der Waals surface area contributed by atoms with E-state index in [1.54, 1.807) is 19.2 Å². The molecule has 2 aromatic carbocycles. The largest absolute Gasteiger partial charge is 0.304 e. The molecule has 0 radical (unpaired) electrons. The number of likely N-dealkylation sites (tertiary alicyclic amines) is 1. The van der Waals surface area contributed by atoms with Crippen molar-refractivity contribution in [1.82, 2.24) is 19.4 Å². The summed E-state index contributed by atoms with van der Waals surface area (Å²) in [6, 6.07) is 12.5. The highest BCUT2D eigenvalue weighted by molar-refractivity contribution is 7.90. The number of anilines is 1. The van der Waals surface area contributed by atoms with Crippen LogP contribution in [0, 0.1) is 5.82 Å². The van der Waals surface area contributed by atoms with Gasteiger partial charge in [0.1, 0.15) is 5.82 Å². The molecular weight excluding hydrogens is 441 g/mol. The van der Waals surface area contributed by atoms with E-state index in [-0.39, 0.29) is 6.04 Å². The summed E-state index contributed by atoms with van der Waals surface area (Å²) in [6.45, 7) is 6.23. The highest BCUT2D eigenvalue weighted by Crippen LogP contribution is 2.44. The first kappa shape index (κ1) is 22.3. The smallest absolute Gasteiger partial charge is 0.296 e. The minimum Gasteiger partial charge on any atom is -0.296 e. The summed E-state index contributed by atoms with van der Waals surface area (Å²) < 4.78 is 43.3. The van der Waals surface area contributed by atoms with Gasteiger partial charge in [-0.15, -0.1) is 0 Å². The molecule has 3 aromatic rings. The highest BCUT2D eigenvalue weighted by Gasteiger charge is 2.55. The van der Waals surface area contributed by atoms with E-state index in [1.165, 1.54) is 26.3 Å². The van der Waals surface area contributed by atoms with Gasteiger partial charge in [-0.1, -0.05) is 19.1 Å². The SMILES string of the molecule is CCc1n[nH]c2ccc(CN3CC[C@@]4(C[C@@H]3C)CN(C)S(=O)(=O)N4c3cccc(F)c3)cc12. The third kappa shape index (κ3) is 3.72. The maximum atomic E-state index is 14.0. The Bertz CT molecular complexity index is 1290. The second-order valence-corrected chi connectivity index (χ2v) is 11.3. The Morgan fingerprint density at radius 3 is 2.79 bits per heavy atom. The van der Waals surface area contributed by atoms with Crippen molar-refractivity contribution in [2.45, 2.75) is 51.2 Å². The number of aromatic nitrogens is 2. The lowest BCUT2D eigenvalue weighted by atomic mass is 9.82. The summed E-state index contributed by atoms with van der Waals surface area (Å²) in [5.41, 5.74) is 3.16. The van der Waals surface area contributed by atoms with E-state index in [1.807, 2.05) is 0 Å². The van der Waals surface area contributed by atoms with Gasteiger partial charge in [0.25, 0.3) is 0 Å². The van der Waals surface area contributed by atoms with E-state index < -0.39 is 21.6 Å². The number of aromatic amines is 1. The summed E-state index contributed by atoms with van der Waals surface area (Å²) in [7, 11) is -2.09. The van der Waals surface area contributed by atoms with Gasteiger partial charge in [0.2, 0.25) is 0 Å². The predicted octanol–water partition coefficient (Wildman–Crippen LogP) is 3.68. The van der Waals surface area contributed by atoms with E-state index >= 15 is 0 Å². The number of piperidine rings is 1. The van der Waals surface area contributed by atoms with Crippen LogP contribution in [-0.4, -0.2) is 59.5 Å². The number of rotatable bonds is 4. The van der Waals surface area contributed by atoms with Gasteiger partial charge in [-0.3, -0.25) is 14.3 Å². The van der Waals surface area contributed by atoms with Crippen LogP contribution in [-0.2, 0) is 23.2 Å². The van der Waals surface area contributed by atoms with Crippen molar-refractivity contribution < 1.29 is 12.8 Å². The monoisotopic (exact) mass is 471 g/mol. The Kier molecular flexibility index (Phi) is 5.46. The predicted molar refractivity (Wildman–Crippen MR) is 128 cm³/mol. The lowest BCUT2D eigenvalue weighted by molar-refractivity contribution is 0.100. The second kappa shape index (κ2) is 8.07. The van der Waals surface area contributed by atoms with Gasteiger partial charge >= 0.3 is 10.2 Å². The summed E-state index contributed by atoms with van der Waals surface area (Å²) in [6.07, 6.45) is 2.25. The fourth-order valence-corrected chi connectivity index (χ4v) is 7.36. The quantitative estimate of drug-likeness (QED) is 0.630. The zero-order chi connectivity index (χ0) is 23.4. The Hall–Kier alpha value is -2.49. The van der Waals surface area contributed by atoms with Gasteiger partial charge < -0.3 is 0 Å². The van der Waals surface area contributed by atoms with Crippen LogP contribution in [0.2, 0.25) is 0 Å². The molecule has 176 valence electrons. The van der Waals surface area contributed by atoms with Crippen molar-refractivity contribution >= 4 is 26.8 Å². The van der Waals surface area contributed by atoms with E-state index in [2.05, 4.69) is 47.1 Å². The molecule has 2 aliphatic rings. The van der Waals surface area contributed by atoms with Gasteiger partial charge in [-0.05, 0) is 62.1 Å². The lowest BCUT2D eigenvalue weighted by Gasteiger charge is -2.47. The molecule has 0 aliphatic carbocycles. The highest BCUT2D eigenvalue weighted by atomic mass is 32.2. The summed E-state index contributed by atoms with van der Waals surface area (Å²) in [4.78, 5) is 2.41. The minimum atomic E-state index is -3.70. The number of aryl methyl sites for hydroxylation is 1. The van der Waals surface area contributed by atoms with Crippen LogP contribution in [0.15, 0.2) is 42.5 Å². The third-order valence-electron chi connectivity index (χ3n) is 7.20. The number of fused-ring (bicyclic) bond motifs is 1. The van der Waals surface area contributed by atoms with Gasteiger partial charge in [-0.25, -0.2) is 4.39 Å². The van der Waals surface area contributed by atoms with Gasteiger partial charge in [0.05, 0.1) is 22.4 Å². The molecular formula is C24H30FN5O2S. The standard InChI is InChI=1S/C24H30FN5O2S/c1-4-22-21-12-18(8-9-23(21)27-26-22)15-29-11-10-24(14-17(29)2)16-28(3)33(31,32)30(24)20-7-5-6-19(25)13-20/h5-9,12-13,17H,4,10-11,14-16H2,1-3H3,(H,26,27)/t17-,24+/m0/s1. The van der Waals surface area contributed by atoms with Crippen molar-refractivity contribution in [2.75, 3.05) is 24.4 Å². The Labute approximate surface area is 194 Å². The Morgan fingerprint density at radius 1 is 1.24 bits per heavy atom. The van der Waals surface area contributed by atoms with Gasteiger partial charge in [0, 0.05) is 38.1 Å². The zero-order valence-corrected chi connectivity index (χ0v) is 20.1. The molecule has 2 saturated heterocycles. The van der Waals surface area contributed by atoms with Crippen LogP contribution >= 0.6 is 0 Å². The molecule has 3 heterocycles. The van der Waals surface area contributed by atoms with E-state index in [0.29, 0.717) is 25.1 Å². The molecule has 5 rings (SSSR count). The number of benzene rings is 2. The number of nitrogens with one attached hydrogen (secondary N) is 1. The molecule has 2 fully saturated rings. The summed E-state index contributed by atoms with van der Waals surface area (Å²) in [5.74, 6) is -0.432. The zero-order valence-electron chi connectivity index (χ0n) is 19.3. The average Bonchev–Trinajstić information content (AvgIpc) is 3.25. The summed E-state index contributed by atoms with van der Waals surface area (Å²) >= 11 is 0. The number of H-pyrrole nitrogens is 1. The summed E-state index contributed by atoms with van der Waals surface area (Å²) in [5, 5.41) is 8.65.